The first-order valence-electron chi connectivity index (χ1n) is 3.71. The van der Waals surface area contributed by atoms with Crippen molar-refractivity contribution >= 4 is 5.97 Å². The molecule has 13 heavy (non-hydrogen) atoms. The van der Waals surface area contributed by atoms with Crippen LogP contribution in [-0.4, -0.2) is 5.97 Å². The van der Waals surface area contributed by atoms with E-state index < -0.39 is 11.8 Å². The summed E-state index contributed by atoms with van der Waals surface area (Å²) in [4.78, 5) is 19.2. The lowest BCUT2D eigenvalue weighted by Gasteiger charge is -2.05. The van der Waals surface area contributed by atoms with E-state index in [-0.39, 0.29) is 5.75 Å². The van der Waals surface area contributed by atoms with Crippen LogP contribution in [0.4, 0.5) is 4.39 Å². The number of halogens is 1. The molecule has 0 saturated carbocycles. The molecule has 0 N–H and O–H groups in total. The Balaban J connectivity index is 2.77. The average molecular weight is 184 g/mol. The average Bonchev–Trinajstić information content (AvgIpc) is 2.07. The molecule has 0 aliphatic carbocycles. The molecule has 0 aliphatic heterocycles. The Labute approximate surface area is 75.0 Å². The van der Waals surface area contributed by atoms with Gasteiger partial charge in [-0.25, -0.2) is 9.18 Å². The maximum absolute atomic E-state index is 12.9. The Hall–Kier alpha value is -1.58. The van der Waals surface area contributed by atoms with Crippen molar-refractivity contribution in [3.05, 3.63) is 29.6 Å². The second kappa shape index (κ2) is 3.89. The Morgan fingerprint density at radius 1 is 1.46 bits per heavy atom. The van der Waals surface area contributed by atoms with Crippen molar-refractivity contribution in [2.45, 2.75) is 13.8 Å². The van der Waals surface area contributed by atoms with Gasteiger partial charge in [-0.3, -0.25) is 9.78 Å². The number of rotatable bonds is 2. The molecular formula is C9H9FO3. The fourth-order valence-corrected chi connectivity index (χ4v) is 0.782. The van der Waals surface area contributed by atoms with Gasteiger partial charge in [0.2, 0.25) is 0 Å². The minimum atomic E-state index is -0.580. The van der Waals surface area contributed by atoms with Gasteiger partial charge in [0.1, 0.15) is 5.82 Å². The van der Waals surface area contributed by atoms with Gasteiger partial charge in [-0.2, -0.15) is 0 Å². The normalized spacial score (nSPS) is 9.46. The Kier molecular flexibility index (Phi) is 2.84. The summed E-state index contributed by atoms with van der Waals surface area (Å²) in [5, 5.41) is 0. The van der Waals surface area contributed by atoms with Gasteiger partial charge in [-0.1, -0.05) is 6.07 Å². The molecule has 3 nitrogen and oxygen atoms in total. The van der Waals surface area contributed by atoms with Crippen LogP contribution < -0.4 is 4.89 Å². The lowest BCUT2D eigenvalue weighted by Crippen LogP contribution is -2.04. The third-order valence-electron chi connectivity index (χ3n) is 1.47. The molecule has 4 heteroatoms. The summed E-state index contributed by atoms with van der Waals surface area (Å²) in [6.07, 6.45) is 0. The van der Waals surface area contributed by atoms with Gasteiger partial charge in [-0.15, -0.1) is 0 Å². The predicted octanol–water partition coefficient (Wildman–Crippen LogP) is 1.99. The van der Waals surface area contributed by atoms with Crippen LogP contribution in [0.2, 0.25) is 0 Å². The highest BCUT2D eigenvalue weighted by Gasteiger charge is 2.06. The van der Waals surface area contributed by atoms with Crippen molar-refractivity contribution in [3.8, 4) is 5.75 Å². The Morgan fingerprint density at radius 3 is 2.77 bits per heavy atom. The van der Waals surface area contributed by atoms with Gasteiger partial charge in [0.05, 0.1) is 0 Å². The molecule has 0 atom stereocenters. The third-order valence-corrected chi connectivity index (χ3v) is 1.47. The molecule has 0 radical (unpaired) electrons. The van der Waals surface area contributed by atoms with Gasteiger partial charge in [-0.05, 0) is 19.1 Å². The molecule has 0 fully saturated rings. The molecule has 0 amide bonds. The fraction of sp³-hybridized carbons (Fsp3) is 0.222. The molecular weight excluding hydrogens is 175 g/mol. The fourth-order valence-electron chi connectivity index (χ4n) is 0.782. The molecule has 0 aromatic heterocycles. The van der Waals surface area contributed by atoms with E-state index in [0.29, 0.717) is 5.56 Å². The number of benzene rings is 1. The summed E-state index contributed by atoms with van der Waals surface area (Å²) in [6, 6.07) is 4.29. The van der Waals surface area contributed by atoms with Crippen LogP contribution in [0.3, 0.4) is 0 Å². The maximum atomic E-state index is 12.9. The first-order chi connectivity index (χ1) is 6.11. The minimum Gasteiger partial charge on any atom is -0.287 e. The molecule has 0 bridgehead atoms. The molecule has 70 valence electrons. The molecule has 1 aromatic carbocycles. The van der Waals surface area contributed by atoms with E-state index in [1.165, 1.54) is 32.0 Å². The van der Waals surface area contributed by atoms with Crippen LogP contribution in [0.5, 0.6) is 5.75 Å². The SMILES string of the molecule is CC(=O)OOc1cccc(F)c1C. The van der Waals surface area contributed by atoms with Crippen LogP contribution >= 0.6 is 0 Å². The molecule has 1 rings (SSSR count). The Morgan fingerprint density at radius 2 is 2.15 bits per heavy atom. The van der Waals surface area contributed by atoms with Gasteiger partial charge in [0, 0.05) is 12.5 Å². The van der Waals surface area contributed by atoms with E-state index in [2.05, 4.69) is 9.78 Å². The molecule has 0 heterocycles. The van der Waals surface area contributed by atoms with Gasteiger partial charge in [0.15, 0.2) is 5.75 Å². The molecule has 0 spiro atoms. The van der Waals surface area contributed by atoms with Crippen LogP contribution in [0, 0.1) is 12.7 Å². The topological polar surface area (TPSA) is 35.5 Å². The van der Waals surface area contributed by atoms with Crippen molar-refractivity contribution < 1.29 is 19.0 Å². The van der Waals surface area contributed by atoms with Gasteiger partial charge in [0.25, 0.3) is 0 Å². The van der Waals surface area contributed by atoms with Crippen molar-refractivity contribution in [2.24, 2.45) is 0 Å². The summed E-state index contributed by atoms with van der Waals surface area (Å²) in [7, 11) is 0. The van der Waals surface area contributed by atoms with Crippen LogP contribution in [0.15, 0.2) is 18.2 Å². The third kappa shape index (κ3) is 2.43. The van der Waals surface area contributed by atoms with E-state index in [1.54, 1.807) is 0 Å². The summed E-state index contributed by atoms with van der Waals surface area (Å²) < 4.78 is 12.9. The second-order valence-electron chi connectivity index (χ2n) is 2.52. The van der Waals surface area contributed by atoms with Crippen LogP contribution in [0.1, 0.15) is 12.5 Å². The number of carbonyl (C=O) groups is 1. The molecule has 0 unspecified atom stereocenters. The first-order valence-corrected chi connectivity index (χ1v) is 3.71. The molecule has 1 aromatic rings. The highest BCUT2D eigenvalue weighted by Crippen LogP contribution is 2.19. The van der Waals surface area contributed by atoms with Crippen LogP contribution in [0.25, 0.3) is 0 Å². The van der Waals surface area contributed by atoms with E-state index in [0.717, 1.165) is 0 Å². The van der Waals surface area contributed by atoms with Crippen molar-refractivity contribution in [2.75, 3.05) is 0 Å². The highest BCUT2D eigenvalue weighted by atomic mass is 19.1. The highest BCUT2D eigenvalue weighted by molar-refractivity contribution is 5.65. The number of hydrogen-bond acceptors (Lipinski definition) is 3. The largest absolute Gasteiger partial charge is 0.352 e. The number of hydrogen-bond donors (Lipinski definition) is 0. The summed E-state index contributed by atoms with van der Waals surface area (Å²) in [6.45, 7) is 2.74. The number of carbonyl (C=O) groups excluding carboxylic acids is 1. The predicted molar refractivity (Wildman–Crippen MR) is 43.5 cm³/mol. The van der Waals surface area contributed by atoms with Crippen molar-refractivity contribution in [3.63, 3.8) is 0 Å². The zero-order valence-corrected chi connectivity index (χ0v) is 7.33. The lowest BCUT2D eigenvalue weighted by molar-refractivity contribution is -0.211. The van der Waals surface area contributed by atoms with Crippen molar-refractivity contribution in [1.29, 1.82) is 0 Å². The summed E-state index contributed by atoms with van der Waals surface area (Å²) in [5.41, 5.74) is 0.309. The van der Waals surface area contributed by atoms with Crippen LogP contribution in [-0.2, 0) is 9.68 Å². The molecule has 0 aliphatic rings. The standard InChI is InChI=1S/C9H9FO3/c1-6-8(10)4-3-5-9(6)13-12-7(2)11/h3-5H,1-2H3. The van der Waals surface area contributed by atoms with Gasteiger partial charge < -0.3 is 0 Å². The van der Waals surface area contributed by atoms with Gasteiger partial charge >= 0.3 is 5.97 Å². The zero-order chi connectivity index (χ0) is 9.84. The summed E-state index contributed by atoms with van der Waals surface area (Å²) >= 11 is 0. The van der Waals surface area contributed by atoms with E-state index in [9.17, 15) is 9.18 Å². The first kappa shape index (κ1) is 9.51. The van der Waals surface area contributed by atoms with E-state index in [4.69, 9.17) is 0 Å². The second-order valence-corrected chi connectivity index (χ2v) is 2.52. The minimum absolute atomic E-state index is 0.204. The zero-order valence-electron chi connectivity index (χ0n) is 7.33. The quantitative estimate of drug-likeness (QED) is 0.520. The smallest absolute Gasteiger partial charge is 0.287 e. The maximum Gasteiger partial charge on any atom is 0.352 e. The molecule has 0 saturated heterocycles. The Bertz CT molecular complexity index is 323. The monoisotopic (exact) mass is 184 g/mol. The lowest BCUT2D eigenvalue weighted by atomic mass is 10.2. The van der Waals surface area contributed by atoms with Crippen molar-refractivity contribution in [1.82, 2.24) is 0 Å². The summed E-state index contributed by atoms with van der Waals surface area (Å²) in [5.74, 6) is -0.775. The van der Waals surface area contributed by atoms with E-state index in [1.807, 2.05) is 0 Å². The van der Waals surface area contributed by atoms with E-state index >= 15 is 0 Å².